The van der Waals surface area contributed by atoms with E-state index in [1.807, 2.05) is 31.1 Å². The number of pyridine rings is 1. The smallest absolute Gasteiger partial charge is 0.269 e. The molecule has 232 valence electrons. The van der Waals surface area contributed by atoms with Gasteiger partial charge in [-0.15, -0.1) is 0 Å². The summed E-state index contributed by atoms with van der Waals surface area (Å²) in [5.41, 5.74) is 1.09. The number of amides is 1. The summed E-state index contributed by atoms with van der Waals surface area (Å²) in [6, 6.07) is 13.1. The molecule has 1 amide bonds. The van der Waals surface area contributed by atoms with Crippen LogP contribution in [0.5, 0.6) is 0 Å². The molecule has 3 heterocycles. The van der Waals surface area contributed by atoms with Crippen LogP contribution in [-0.4, -0.2) is 107 Å². The van der Waals surface area contributed by atoms with Gasteiger partial charge >= 0.3 is 0 Å². The first-order chi connectivity index (χ1) is 20.3. The van der Waals surface area contributed by atoms with Gasteiger partial charge < -0.3 is 14.7 Å². The lowest BCUT2D eigenvalue weighted by Crippen LogP contribution is -2.66. The molecule has 43 heavy (non-hydrogen) atoms. The van der Waals surface area contributed by atoms with Gasteiger partial charge in [0, 0.05) is 55.8 Å². The number of piperazine rings is 1. The number of rotatable bonds is 9. The van der Waals surface area contributed by atoms with Crippen LogP contribution in [-0.2, 0) is 29.1 Å². The van der Waals surface area contributed by atoms with Gasteiger partial charge in [-0.2, -0.15) is 12.7 Å². The predicted octanol–water partition coefficient (Wildman–Crippen LogP) is 2.87. The van der Waals surface area contributed by atoms with Gasteiger partial charge in [-0.05, 0) is 80.0 Å². The zero-order valence-corrected chi connectivity index (χ0v) is 26.7. The highest BCUT2D eigenvalue weighted by Gasteiger charge is 2.49. The number of likely N-dealkylation sites (N-methyl/N-ethyl adjacent to an activating group) is 1. The Labute approximate surface area is 258 Å². The number of sulfonamides is 1. The molecule has 1 aromatic heterocycles. The summed E-state index contributed by atoms with van der Waals surface area (Å²) in [6.07, 6.45) is 4.12. The second-order valence-electron chi connectivity index (χ2n) is 11.4. The van der Waals surface area contributed by atoms with Crippen LogP contribution in [0.3, 0.4) is 0 Å². The van der Waals surface area contributed by atoms with E-state index in [9.17, 15) is 21.6 Å². The van der Waals surface area contributed by atoms with Crippen molar-refractivity contribution in [1.29, 1.82) is 0 Å². The van der Waals surface area contributed by atoms with Crippen molar-refractivity contribution in [1.82, 2.24) is 19.1 Å². The quantitative estimate of drug-likeness (QED) is 0.322. The Morgan fingerprint density at radius 2 is 1.63 bits per heavy atom. The molecule has 3 aromatic rings. The number of carbonyl (C=O) groups excluding carboxylic acids is 1. The lowest BCUT2D eigenvalue weighted by molar-refractivity contribution is -0.155. The fraction of sp³-hybridized carbons (Fsp3) is 0.448. The third-order valence-corrected chi connectivity index (χ3v) is 10.5. The molecule has 0 spiro atoms. The van der Waals surface area contributed by atoms with E-state index in [0.717, 1.165) is 47.6 Å². The highest BCUT2D eigenvalue weighted by Crippen LogP contribution is 2.31. The van der Waals surface area contributed by atoms with Crippen LogP contribution in [0, 0.1) is 5.92 Å². The number of piperidine rings is 1. The molecule has 14 heteroatoms. The van der Waals surface area contributed by atoms with Crippen molar-refractivity contribution in [3.8, 4) is 0 Å². The Hall–Kier alpha value is -2.81. The van der Waals surface area contributed by atoms with Crippen LogP contribution in [0.4, 0.5) is 5.69 Å². The number of aromatic nitrogens is 1. The van der Waals surface area contributed by atoms with E-state index in [-0.39, 0.29) is 17.4 Å². The van der Waals surface area contributed by atoms with Crippen LogP contribution in [0.15, 0.2) is 65.8 Å². The molecule has 2 aromatic carbocycles. The first kappa shape index (κ1) is 31.6. The van der Waals surface area contributed by atoms with Crippen LogP contribution < -0.4 is 4.90 Å². The number of fused-ring (bicyclic) bond motifs is 1. The lowest BCUT2D eigenvalue weighted by Gasteiger charge is -2.46. The van der Waals surface area contributed by atoms with Crippen molar-refractivity contribution in [3.63, 3.8) is 0 Å². The Morgan fingerprint density at radius 3 is 2.28 bits per heavy atom. The number of anilines is 1. The summed E-state index contributed by atoms with van der Waals surface area (Å²) in [4.78, 5) is 23.9. The van der Waals surface area contributed by atoms with E-state index in [0.29, 0.717) is 23.5 Å². The third-order valence-electron chi connectivity index (χ3n) is 7.91. The number of hydrogen-bond donors (Lipinski definition) is 0. The maximum Gasteiger partial charge on any atom is 0.269 e. The minimum atomic E-state index is -4.35. The van der Waals surface area contributed by atoms with E-state index < -0.39 is 38.3 Å². The molecular weight excluding hydrogens is 614 g/mol. The molecule has 5 rings (SSSR count). The van der Waals surface area contributed by atoms with E-state index in [1.54, 1.807) is 41.6 Å². The van der Waals surface area contributed by atoms with E-state index in [2.05, 4.69) is 9.88 Å². The molecule has 0 N–H and O–H groups in total. The first-order valence-electron chi connectivity index (χ1n) is 14.0. The average Bonchev–Trinajstić information content (AvgIpc) is 2.96. The van der Waals surface area contributed by atoms with Crippen molar-refractivity contribution >= 4 is 54.1 Å². The third kappa shape index (κ3) is 7.30. The number of halogens is 1. The predicted molar refractivity (Wildman–Crippen MR) is 166 cm³/mol. The van der Waals surface area contributed by atoms with Crippen molar-refractivity contribution in [2.45, 2.75) is 30.0 Å². The van der Waals surface area contributed by atoms with Gasteiger partial charge in [0.1, 0.15) is 0 Å². The van der Waals surface area contributed by atoms with Crippen LogP contribution in [0.2, 0.25) is 5.02 Å². The number of carbonyl (C=O) groups is 1. The fourth-order valence-corrected chi connectivity index (χ4v) is 8.13. The van der Waals surface area contributed by atoms with Crippen molar-refractivity contribution < 1.29 is 25.8 Å². The largest absolute Gasteiger partial charge is 0.371 e. The van der Waals surface area contributed by atoms with Gasteiger partial charge in [-0.25, -0.2) is 12.6 Å². The molecule has 2 aliphatic rings. The molecule has 2 unspecified atom stereocenters. The molecule has 2 fully saturated rings. The number of hydrogen-bond acceptors (Lipinski definition) is 9. The minimum Gasteiger partial charge on any atom is -0.371 e. The Kier molecular flexibility index (Phi) is 9.31. The Bertz CT molecular complexity index is 1680. The molecule has 0 bridgehead atoms. The van der Waals surface area contributed by atoms with Crippen molar-refractivity contribution in [2.75, 3.05) is 58.0 Å². The summed E-state index contributed by atoms with van der Waals surface area (Å²) >= 11 is 6.09. The van der Waals surface area contributed by atoms with Gasteiger partial charge in [0.05, 0.1) is 17.2 Å². The fourth-order valence-electron chi connectivity index (χ4n) is 5.84. The van der Waals surface area contributed by atoms with Gasteiger partial charge in [-0.1, -0.05) is 23.7 Å². The van der Waals surface area contributed by atoms with E-state index in [4.69, 9.17) is 15.8 Å². The normalized spacial score (nSPS) is 21.2. The maximum absolute atomic E-state index is 14.1. The Balaban J connectivity index is 1.43. The zero-order chi connectivity index (χ0) is 30.9. The molecule has 0 saturated carbocycles. The van der Waals surface area contributed by atoms with Crippen molar-refractivity contribution in [2.24, 2.45) is 5.92 Å². The topological polar surface area (TPSA) is 120 Å². The second kappa shape index (κ2) is 12.7. The van der Waals surface area contributed by atoms with Crippen molar-refractivity contribution in [3.05, 3.63) is 65.9 Å². The van der Waals surface area contributed by atoms with Gasteiger partial charge in [0.15, 0.2) is 0 Å². The molecule has 11 nitrogen and oxygen atoms in total. The maximum atomic E-state index is 14.1. The molecular formula is C29H36ClN5O6S2. The van der Waals surface area contributed by atoms with Crippen LogP contribution in [0.25, 0.3) is 10.8 Å². The summed E-state index contributed by atoms with van der Waals surface area (Å²) in [6.45, 7) is 2.23. The number of benzene rings is 2. The summed E-state index contributed by atoms with van der Waals surface area (Å²) in [7, 11) is -4.85. The van der Waals surface area contributed by atoms with Crippen LogP contribution in [0.1, 0.15) is 12.8 Å². The molecule has 2 aliphatic heterocycles. The van der Waals surface area contributed by atoms with E-state index >= 15 is 0 Å². The average molecular weight is 650 g/mol. The Morgan fingerprint density at radius 1 is 0.977 bits per heavy atom. The van der Waals surface area contributed by atoms with E-state index in [1.165, 1.54) is 12.1 Å². The standard InChI is InChI=1S/C29H36ClN5O6S2/c1-32(2)19-26-20-35(43(39,40)27-7-5-22-16-24(30)6-4-23(22)17-27)29(41-42(3,37)38)28(36)34(26)18-21-10-14-33(15-11-21)25-8-12-31-13-9-25/h4-9,12-13,16-17,21,26,29H,10-11,14-15,18-20H2,1-3H3. The molecule has 2 atom stereocenters. The monoisotopic (exact) mass is 649 g/mol. The lowest BCUT2D eigenvalue weighted by atomic mass is 9.94. The SMILES string of the molecule is CN(C)CC1CN(S(=O)(=O)c2ccc3cc(Cl)ccc3c2)C(OS(C)(=O)=O)C(=O)N1CC1CCN(c2ccncc2)CC1. The highest BCUT2D eigenvalue weighted by molar-refractivity contribution is 7.89. The summed E-state index contributed by atoms with van der Waals surface area (Å²) < 4.78 is 59.0. The molecule has 0 radical (unpaired) electrons. The summed E-state index contributed by atoms with van der Waals surface area (Å²) in [5.74, 6) is -0.530. The second-order valence-corrected chi connectivity index (χ2v) is 15.4. The molecule has 0 aliphatic carbocycles. The van der Waals surface area contributed by atoms with Gasteiger partial charge in [0.2, 0.25) is 16.3 Å². The zero-order valence-electron chi connectivity index (χ0n) is 24.3. The molecule has 2 saturated heterocycles. The highest BCUT2D eigenvalue weighted by atomic mass is 35.5. The number of nitrogens with zero attached hydrogens (tertiary/aromatic N) is 5. The summed E-state index contributed by atoms with van der Waals surface area (Å²) in [5, 5.41) is 1.90. The van der Waals surface area contributed by atoms with Crippen LogP contribution >= 0.6 is 11.6 Å². The van der Waals surface area contributed by atoms with Gasteiger partial charge in [0.25, 0.3) is 16.0 Å². The van der Waals surface area contributed by atoms with Gasteiger partial charge in [-0.3, -0.25) is 9.78 Å². The minimum absolute atomic E-state index is 0.0715. The first-order valence-corrected chi connectivity index (χ1v) is 17.6.